The fourth-order valence-corrected chi connectivity index (χ4v) is 2.15. The van der Waals surface area contributed by atoms with Crippen LogP contribution in [-0.4, -0.2) is 19.1 Å². The third kappa shape index (κ3) is 3.32. The largest absolute Gasteiger partial charge is 0.381 e. The molecule has 1 aliphatic rings. The Kier molecular flexibility index (Phi) is 5.01. The fourth-order valence-electron chi connectivity index (χ4n) is 1.80. The number of hydrogen-bond acceptors (Lipinski definition) is 1. The third-order valence-corrected chi connectivity index (χ3v) is 3.15. The van der Waals surface area contributed by atoms with Crippen LogP contribution in [-0.2, 0) is 4.74 Å². The number of rotatable bonds is 4. The van der Waals surface area contributed by atoms with E-state index in [1.165, 1.54) is 25.7 Å². The molecule has 1 heterocycles. The molecule has 0 radical (unpaired) electrons. The van der Waals surface area contributed by atoms with Gasteiger partial charge in [0.1, 0.15) is 0 Å². The van der Waals surface area contributed by atoms with Gasteiger partial charge in [0.05, 0.1) is 0 Å². The highest BCUT2D eigenvalue weighted by Crippen LogP contribution is 2.23. The van der Waals surface area contributed by atoms with E-state index >= 15 is 0 Å². The van der Waals surface area contributed by atoms with Crippen LogP contribution >= 0.6 is 11.6 Å². The van der Waals surface area contributed by atoms with E-state index < -0.39 is 0 Å². The van der Waals surface area contributed by atoms with Crippen molar-refractivity contribution in [3.05, 3.63) is 0 Å². The molecule has 72 valence electrons. The molecule has 0 saturated carbocycles. The molecule has 1 nitrogen and oxygen atoms in total. The van der Waals surface area contributed by atoms with Crippen molar-refractivity contribution in [3.8, 4) is 0 Å². The summed E-state index contributed by atoms with van der Waals surface area (Å²) in [6.45, 7) is 4.15. The predicted octanol–water partition coefficient (Wildman–Crippen LogP) is 3.07. The molecule has 12 heavy (non-hydrogen) atoms. The van der Waals surface area contributed by atoms with Crippen LogP contribution < -0.4 is 0 Å². The van der Waals surface area contributed by atoms with Crippen molar-refractivity contribution < 1.29 is 4.74 Å². The zero-order valence-corrected chi connectivity index (χ0v) is 8.65. The Labute approximate surface area is 80.4 Å². The summed E-state index contributed by atoms with van der Waals surface area (Å²) in [5, 5.41) is 0. The second-order valence-electron chi connectivity index (χ2n) is 3.75. The monoisotopic (exact) mass is 190 g/mol. The van der Waals surface area contributed by atoms with Crippen molar-refractivity contribution in [2.75, 3.05) is 19.1 Å². The van der Waals surface area contributed by atoms with E-state index in [0.717, 1.165) is 25.0 Å². The van der Waals surface area contributed by atoms with Gasteiger partial charge in [-0.3, -0.25) is 0 Å². The maximum absolute atomic E-state index is 5.85. The molecule has 0 bridgehead atoms. The Bertz CT molecular complexity index is 106. The zero-order chi connectivity index (χ0) is 8.81. The molecule has 1 fully saturated rings. The predicted molar refractivity (Wildman–Crippen MR) is 52.7 cm³/mol. The van der Waals surface area contributed by atoms with Crippen LogP contribution in [0.25, 0.3) is 0 Å². The van der Waals surface area contributed by atoms with Crippen molar-refractivity contribution in [2.45, 2.75) is 32.6 Å². The van der Waals surface area contributed by atoms with Gasteiger partial charge in [-0.15, -0.1) is 11.6 Å². The van der Waals surface area contributed by atoms with E-state index in [2.05, 4.69) is 6.92 Å². The van der Waals surface area contributed by atoms with E-state index in [4.69, 9.17) is 16.3 Å². The molecule has 0 spiro atoms. The van der Waals surface area contributed by atoms with E-state index in [0.29, 0.717) is 5.92 Å². The maximum Gasteiger partial charge on any atom is 0.0494 e. The first-order valence-corrected chi connectivity index (χ1v) is 5.54. The van der Waals surface area contributed by atoms with Crippen LogP contribution in [0.4, 0.5) is 0 Å². The lowest BCUT2D eigenvalue weighted by atomic mass is 9.90. The highest BCUT2D eigenvalue weighted by Gasteiger charge is 2.17. The molecule has 2 unspecified atom stereocenters. The van der Waals surface area contributed by atoms with E-state index in [1.54, 1.807) is 0 Å². The lowest BCUT2D eigenvalue weighted by molar-refractivity contribution is 0.0461. The molecule has 0 N–H and O–H groups in total. The van der Waals surface area contributed by atoms with Gasteiger partial charge in [0, 0.05) is 19.1 Å². The molecule has 1 aliphatic heterocycles. The number of ether oxygens (including phenoxy) is 1. The van der Waals surface area contributed by atoms with Crippen molar-refractivity contribution in [1.29, 1.82) is 0 Å². The van der Waals surface area contributed by atoms with Crippen LogP contribution in [0, 0.1) is 11.8 Å². The summed E-state index contributed by atoms with van der Waals surface area (Å²) in [5.74, 6) is 2.30. The highest BCUT2D eigenvalue weighted by molar-refractivity contribution is 6.18. The Hall–Kier alpha value is 0.250. The van der Waals surface area contributed by atoms with Gasteiger partial charge in [0.15, 0.2) is 0 Å². The van der Waals surface area contributed by atoms with Crippen molar-refractivity contribution in [2.24, 2.45) is 11.8 Å². The average Bonchev–Trinajstić information content (AvgIpc) is 2.16. The Morgan fingerprint density at radius 3 is 2.92 bits per heavy atom. The van der Waals surface area contributed by atoms with Gasteiger partial charge in [-0.1, -0.05) is 13.3 Å². The Morgan fingerprint density at radius 2 is 2.42 bits per heavy atom. The fraction of sp³-hybridized carbons (Fsp3) is 1.00. The summed E-state index contributed by atoms with van der Waals surface area (Å²) in [5.41, 5.74) is 0. The second-order valence-corrected chi connectivity index (χ2v) is 4.06. The molecule has 0 amide bonds. The molecular formula is C10H19ClO. The lowest BCUT2D eigenvalue weighted by Gasteiger charge is -2.25. The zero-order valence-electron chi connectivity index (χ0n) is 7.89. The van der Waals surface area contributed by atoms with E-state index in [9.17, 15) is 0 Å². The first-order chi connectivity index (χ1) is 5.86. The minimum atomic E-state index is 0.707. The lowest BCUT2D eigenvalue weighted by Crippen LogP contribution is -2.20. The summed E-state index contributed by atoms with van der Waals surface area (Å²) >= 11 is 5.85. The summed E-state index contributed by atoms with van der Waals surface area (Å²) in [6, 6.07) is 0. The van der Waals surface area contributed by atoms with Crippen LogP contribution in [0.1, 0.15) is 32.6 Å². The quantitative estimate of drug-likeness (QED) is 0.620. The smallest absolute Gasteiger partial charge is 0.0494 e. The summed E-state index contributed by atoms with van der Waals surface area (Å²) < 4.78 is 5.43. The SMILES string of the molecule is CCC(CCl)CC1CCCOC1. The molecule has 0 aliphatic carbocycles. The number of hydrogen-bond donors (Lipinski definition) is 0. The molecule has 1 rings (SSSR count). The van der Waals surface area contributed by atoms with Crippen LogP contribution in [0.2, 0.25) is 0 Å². The highest BCUT2D eigenvalue weighted by atomic mass is 35.5. The summed E-state index contributed by atoms with van der Waals surface area (Å²) in [6.07, 6.45) is 5.05. The van der Waals surface area contributed by atoms with Crippen LogP contribution in [0.5, 0.6) is 0 Å². The first kappa shape index (κ1) is 10.3. The average molecular weight is 191 g/mol. The van der Waals surface area contributed by atoms with Gasteiger partial charge >= 0.3 is 0 Å². The molecular weight excluding hydrogens is 172 g/mol. The number of alkyl halides is 1. The topological polar surface area (TPSA) is 9.23 Å². The third-order valence-electron chi connectivity index (χ3n) is 2.72. The first-order valence-electron chi connectivity index (χ1n) is 5.00. The van der Waals surface area contributed by atoms with Gasteiger partial charge in [-0.2, -0.15) is 0 Å². The van der Waals surface area contributed by atoms with Crippen LogP contribution in [0.15, 0.2) is 0 Å². The van der Waals surface area contributed by atoms with Crippen molar-refractivity contribution in [1.82, 2.24) is 0 Å². The van der Waals surface area contributed by atoms with Gasteiger partial charge in [-0.05, 0) is 31.1 Å². The van der Waals surface area contributed by atoms with Crippen molar-refractivity contribution >= 4 is 11.6 Å². The summed E-state index contributed by atoms with van der Waals surface area (Å²) in [7, 11) is 0. The molecule has 0 aromatic carbocycles. The molecule has 2 heteroatoms. The standard InChI is InChI=1S/C10H19ClO/c1-2-9(7-11)6-10-4-3-5-12-8-10/h9-10H,2-8H2,1H3. The van der Waals surface area contributed by atoms with E-state index in [1.807, 2.05) is 0 Å². The Balaban J connectivity index is 2.18. The Morgan fingerprint density at radius 1 is 1.58 bits per heavy atom. The minimum Gasteiger partial charge on any atom is -0.381 e. The molecule has 0 aromatic heterocycles. The normalized spacial score (nSPS) is 27.0. The number of halogens is 1. The maximum atomic E-state index is 5.85. The second kappa shape index (κ2) is 5.82. The van der Waals surface area contributed by atoms with Gasteiger partial charge < -0.3 is 4.74 Å². The molecule has 2 atom stereocenters. The van der Waals surface area contributed by atoms with E-state index in [-0.39, 0.29) is 0 Å². The van der Waals surface area contributed by atoms with Crippen molar-refractivity contribution in [3.63, 3.8) is 0 Å². The van der Waals surface area contributed by atoms with Gasteiger partial charge in [0.25, 0.3) is 0 Å². The van der Waals surface area contributed by atoms with Crippen LogP contribution in [0.3, 0.4) is 0 Å². The summed E-state index contributed by atoms with van der Waals surface area (Å²) in [4.78, 5) is 0. The van der Waals surface area contributed by atoms with Gasteiger partial charge in [-0.25, -0.2) is 0 Å². The molecule has 0 aromatic rings. The van der Waals surface area contributed by atoms with Gasteiger partial charge in [0.2, 0.25) is 0 Å². The molecule has 1 saturated heterocycles. The minimum absolute atomic E-state index is 0.707.